The highest BCUT2D eigenvalue weighted by Gasteiger charge is 2.27. The Balaban J connectivity index is 1.63. The van der Waals surface area contributed by atoms with E-state index in [1.54, 1.807) is 21.8 Å². The molecule has 2 heterocycles. The van der Waals surface area contributed by atoms with E-state index in [1.807, 2.05) is 13.8 Å². The fraction of sp³-hybridized carbons (Fsp3) is 0.389. The molecule has 1 aliphatic rings. The maximum atomic E-state index is 13.8. The van der Waals surface area contributed by atoms with Crippen molar-refractivity contribution in [1.82, 2.24) is 19.6 Å². The molecule has 3 rings (SSSR count). The van der Waals surface area contributed by atoms with Crippen LogP contribution in [0.15, 0.2) is 30.5 Å². The van der Waals surface area contributed by atoms with Crippen molar-refractivity contribution in [3.63, 3.8) is 0 Å². The fourth-order valence-corrected chi connectivity index (χ4v) is 2.85. The van der Waals surface area contributed by atoms with E-state index in [1.165, 1.54) is 4.90 Å². The number of hydrogen-bond acceptors (Lipinski definition) is 3. The van der Waals surface area contributed by atoms with Gasteiger partial charge in [-0.25, -0.2) is 8.78 Å². The van der Waals surface area contributed by atoms with Crippen molar-refractivity contribution in [2.45, 2.75) is 19.9 Å². The van der Waals surface area contributed by atoms with Crippen LogP contribution in [0.3, 0.4) is 0 Å². The van der Waals surface area contributed by atoms with Crippen molar-refractivity contribution >= 4 is 11.8 Å². The van der Waals surface area contributed by atoms with Crippen molar-refractivity contribution in [2.75, 3.05) is 26.2 Å². The fourth-order valence-electron chi connectivity index (χ4n) is 2.85. The molecular formula is C18H20F2N4O2. The monoisotopic (exact) mass is 362 g/mol. The van der Waals surface area contributed by atoms with Gasteiger partial charge >= 0.3 is 0 Å². The van der Waals surface area contributed by atoms with Crippen LogP contribution in [0, 0.1) is 11.6 Å². The van der Waals surface area contributed by atoms with Crippen LogP contribution in [0.5, 0.6) is 0 Å². The van der Waals surface area contributed by atoms with Gasteiger partial charge in [-0.2, -0.15) is 5.10 Å². The lowest BCUT2D eigenvalue weighted by atomic mass is 10.1. The molecule has 1 fully saturated rings. The molecule has 2 amide bonds. The average molecular weight is 362 g/mol. The topological polar surface area (TPSA) is 58.4 Å². The molecule has 0 aliphatic carbocycles. The third-order valence-electron chi connectivity index (χ3n) is 4.37. The van der Waals surface area contributed by atoms with Gasteiger partial charge in [0, 0.05) is 44.5 Å². The summed E-state index contributed by atoms with van der Waals surface area (Å²) in [5.74, 6) is -2.30. The number of carbonyl (C=O) groups is 2. The van der Waals surface area contributed by atoms with E-state index in [2.05, 4.69) is 5.10 Å². The minimum atomic E-state index is -0.882. The first-order chi connectivity index (χ1) is 12.4. The van der Waals surface area contributed by atoms with Crippen LogP contribution in [-0.2, 0) is 0 Å². The van der Waals surface area contributed by atoms with E-state index in [0.717, 1.165) is 12.1 Å². The van der Waals surface area contributed by atoms with E-state index < -0.39 is 17.5 Å². The summed E-state index contributed by atoms with van der Waals surface area (Å²) in [6.07, 6.45) is 1.76. The predicted octanol–water partition coefficient (Wildman–Crippen LogP) is 2.34. The standard InChI is InChI=1S/C18H20F2N4O2/c1-12(2)24-6-5-16(21-24)18(26)23-9-7-22(8-10-23)17(25)14-4-3-13(19)11-15(14)20/h3-6,11-12H,7-10H2,1-2H3. The molecular weight excluding hydrogens is 342 g/mol. The predicted molar refractivity (Wildman–Crippen MR) is 90.8 cm³/mol. The van der Waals surface area contributed by atoms with Crippen LogP contribution in [0.1, 0.15) is 40.7 Å². The summed E-state index contributed by atoms with van der Waals surface area (Å²) in [6, 6.07) is 4.73. The summed E-state index contributed by atoms with van der Waals surface area (Å²) in [5.41, 5.74) is 0.199. The highest BCUT2D eigenvalue weighted by molar-refractivity contribution is 5.95. The molecule has 138 valence electrons. The number of carbonyl (C=O) groups excluding carboxylic acids is 2. The largest absolute Gasteiger partial charge is 0.335 e. The zero-order valence-electron chi connectivity index (χ0n) is 14.7. The molecule has 8 heteroatoms. The lowest BCUT2D eigenvalue weighted by molar-refractivity contribution is 0.0529. The SMILES string of the molecule is CC(C)n1ccc(C(=O)N2CCN(C(=O)c3ccc(F)cc3F)CC2)n1. The second-order valence-corrected chi connectivity index (χ2v) is 6.48. The third kappa shape index (κ3) is 3.58. The van der Waals surface area contributed by atoms with Crippen LogP contribution in [0.2, 0.25) is 0 Å². The number of halogens is 2. The Bertz CT molecular complexity index is 826. The first kappa shape index (κ1) is 18.0. The quantitative estimate of drug-likeness (QED) is 0.842. The Morgan fingerprint density at radius 2 is 1.62 bits per heavy atom. The Kier molecular flexibility index (Phi) is 5.01. The van der Waals surface area contributed by atoms with Crippen LogP contribution in [-0.4, -0.2) is 57.6 Å². The first-order valence-corrected chi connectivity index (χ1v) is 8.45. The maximum Gasteiger partial charge on any atom is 0.274 e. The Labute approximate surface area is 150 Å². The zero-order valence-corrected chi connectivity index (χ0v) is 14.7. The molecule has 0 unspecified atom stereocenters. The molecule has 0 bridgehead atoms. The van der Waals surface area contributed by atoms with E-state index in [4.69, 9.17) is 0 Å². The van der Waals surface area contributed by atoms with Crippen molar-refractivity contribution < 1.29 is 18.4 Å². The van der Waals surface area contributed by atoms with Crippen LogP contribution in [0.4, 0.5) is 8.78 Å². The Hall–Kier alpha value is -2.77. The van der Waals surface area contributed by atoms with Gasteiger partial charge < -0.3 is 9.80 Å². The summed E-state index contributed by atoms with van der Waals surface area (Å²) in [4.78, 5) is 28.0. The second-order valence-electron chi connectivity index (χ2n) is 6.48. The number of rotatable bonds is 3. The lowest BCUT2D eigenvalue weighted by Gasteiger charge is -2.34. The van der Waals surface area contributed by atoms with Gasteiger partial charge in [0.25, 0.3) is 11.8 Å². The number of benzene rings is 1. The van der Waals surface area contributed by atoms with Crippen LogP contribution in [0.25, 0.3) is 0 Å². The van der Waals surface area contributed by atoms with E-state index in [0.29, 0.717) is 24.8 Å². The molecule has 1 aliphatic heterocycles. The second kappa shape index (κ2) is 7.23. The number of nitrogens with zero attached hydrogens (tertiary/aromatic N) is 4. The molecule has 6 nitrogen and oxygen atoms in total. The summed E-state index contributed by atoms with van der Waals surface area (Å²) >= 11 is 0. The molecule has 2 aromatic rings. The molecule has 0 saturated carbocycles. The molecule has 26 heavy (non-hydrogen) atoms. The molecule has 0 atom stereocenters. The van der Waals surface area contributed by atoms with E-state index in [-0.39, 0.29) is 30.6 Å². The highest BCUT2D eigenvalue weighted by atomic mass is 19.1. The Morgan fingerprint density at radius 3 is 2.15 bits per heavy atom. The minimum absolute atomic E-state index is 0.164. The van der Waals surface area contributed by atoms with Gasteiger partial charge in [0.05, 0.1) is 5.56 Å². The van der Waals surface area contributed by atoms with Gasteiger partial charge in [-0.15, -0.1) is 0 Å². The summed E-state index contributed by atoms with van der Waals surface area (Å²) in [5, 5.41) is 4.27. The average Bonchev–Trinajstić information content (AvgIpc) is 3.11. The van der Waals surface area contributed by atoms with Crippen molar-refractivity contribution in [2.24, 2.45) is 0 Å². The first-order valence-electron chi connectivity index (χ1n) is 8.45. The van der Waals surface area contributed by atoms with Gasteiger partial charge in [0.2, 0.25) is 0 Å². The van der Waals surface area contributed by atoms with Gasteiger partial charge in [0.15, 0.2) is 0 Å². The van der Waals surface area contributed by atoms with E-state index >= 15 is 0 Å². The van der Waals surface area contributed by atoms with Crippen molar-refractivity contribution in [3.8, 4) is 0 Å². The van der Waals surface area contributed by atoms with E-state index in [9.17, 15) is 18.4 Å². The summed E-state index contributed by atoms with van der Waals surface area (Å²) in [6.45, 7) is 5.18. The molecule has 1 saturated heterocycles. The van der Waals surface area contributed by atoms with Crippen molar-refractivity contribution in [3.05, 3.63) is 53.4 Å². The summed E-state index contributed by atoms with van der Waals surface area (Å²) < 4.78 is 28.5. The molecule has 0 spiro atoms. The van der Waals surface area contributed by atoms with Crippen molar-refractivity contribution in [1.29, 1.82) is 0 Å². The molecule has 1 aromatic heterocycles. The van der Waals surface area contributed by atoms with Gasteiger partial charge in [-0.3, -0.25) is 14.3 Å². The molecule has 1 aromatic carbocycles. The zero-order chi connectivity index (χ0) is 18.8. The summed E-state index contributed by atoms with van der Waals surface area (Å²) in [7, 11) is 0. The highest BCUT2D eigenvalue weighted by Crippen LogP contribution is 2.15. The normalized spacial score (nSPS) is 14.8. The van der Waals surface area contributed by atoms with Crippen LogP contribution >= 0.6 is 0 Å². The minimum Gasteiger partial charge on any atom is -0.335 e. The lowest BCUT2D eigenvalue weighted by Crippen LogP contribution is -2.50. The number of piperazine rings is 1. The molecule has 0 N–H and O–H groups in total. The maximum absolute atomic E-state index is 13.8. The Morgan fingerprint density at radius 1 is 1.00 bits per heavy atom. The van der Waals surface area contributed by atoms with Gasteiger partial charge in [-0.05, 0) is 32.0 Å². The molecule has 0 radical (unpaired) electrons. The number of aromatic nitrogens is 2. The third-order valence-corrected chi connectivity index (χ3v) is 4.37. The van der Waals surface area contributed by atoms with Gasteiger partial charge in [0.1, 0.15) is 17.3 Å². The number of hydrogen-bond donors (Lipinski definition) is 0. The van der Waals surface area contributed by atoms with Crippen LogP contribution < -0.4 is 0 Å². The smallest absolute Gasteiger partial charge is 0.274 e. The van der Waals surface area contributed by atoms with Gasteiger partial charge in [-0.1, -0.05) is 0 Å². The number of amides is 2.